The Kier molecular flexibility index (Phi) is 8.16. The highest BCUT2D eigenvalue weighted by Gasteiger charge is 2.19. The second-order valence-corrected chi connectivity index (χ2v) is 10.1. The van der Waals surface area contributed by atoms with Gasteiger partial charge < -0.3 is 9.47 Å². The summed E-state index contributed by atoms with van der Waals surface area (Å²) < 4.78 is 15.1. The van der Waals surface area contributed by atoms with Crippen LogP contribution in [0.15, 0.2) is 47.6 Å². The Hall–Kier alpha value is -1.71. The van der Waals surface area contributed by atoms with Gasteiger partial charge in [0.05, 0.1) is 34.8 Å². The smallest absolute Gasteiger partial charge is 0.282 e. The quantitative estimate of drug-likeness (QED) is 0.268. The van der Waals surface area contributed by atoms with E-state index in [9.17, 15) is 4.79 Å². The van der Waals surface area contributed by atoms with Gasteiger partial charge in [-0.05, 0) is 76.4 Å². The molecule has 1 atom stereocenters. The van der Waals surface area contributed by atoms with E-state index in [2.05, 4.69) is 59.8 Å². The van der Waals surface area contributed by atoms with E-state index in [0.717, 1.165) is 20.9 Å². The molecule has 0 spiro atoms. The molecule has 0 aliphatic carbocycles. The highest BCUT2D eigenvalue weighted by molar-refractivity contribution is 9.13. The minimum Gasteiger partial charge on any atom is -0.493 e. The molecule has 0 unspecified atom stereocenters. The molecule has 0 amide bonds. The molecule has 0 radical (unpaired) electrons. The number of hydrogen-bond acceptors (Lipinski definition) is 5. The third-order valence-electron chi connectivity index (χ3n) is 4.93. The second-order valence-electron chi connectivity index (χ2n) is 7.59. The zero-order chi connectivity index (χ0) is 23.6. The number of rotatable bonds is 7. The maximum absolute atomic E-state index is 13.3. The third kappa shape index (κ3) is 5.10. The van der Waals surface area contributed by atoms with Crippen LogP contribution in [0.1, 0.15) is 51.4 Å². The fraction of sp³-hybridized carbons (Fsp3) is 0.348. The SMILES string of the molecule is CC[C@@H](C)c1nc2ccc(Br)cc2c(=O)n1N=Cc1cc(OC)c(OC(C)C)c(Br)c1Br. The number of benzene rings is 2. The Balaban J connectivity index is 2.19. The Morgan fingerprint density at radius 2 is 1.88 bits per heavy atom. The zero-order valence-electron chi connectivity index (χ0n) is 18.4. The van der Waals surface area contributed by atoms with Crippen molar-refractivity contribution in [1.82, 2.24) is 9.66 Å². The van der Waals surface area contributed by atoms with Crippen LogP contribution < -0.4 is 15.0 Å². The van der Waals surface area contributed by atoms with E-state index in [1.165, 1.54) is 4.68 Å². The normalized spacial score (nSPS) is 12.7. The summed E-state index contributed by atoms with van der Waals surface area (Å²) in [6.07, 6.45) is 2.43. The minimum atomic E-state index is -0.218. The summed E-state index contributed by atoms with van der Waals surface area (Å²) in [6, 6.07) is 7.30. The number of hydrogen-bond donors (Lipinski definition) is 0. The molecule has 2 aromatic carbocycles. The summed E-state index contributed by atoms with van der Waals surface area (Å²) in [5, 5.41) is 5.05. The molecule has 1 heterocycles. The summed E-state index contributed by atoms with van der Waals surface area (Å²) in [4.78, 5) is 18.1. The molecule has 0 aliphatic heterocycles. The molecule has 0 bridgehead atoms. The van der Waals surface area contributed by atoms with Gasteiger partial charge in [0.25, 0.3) is 5.56 Å². The minimum absolute atomic E-state index is 0.0220. The molecule has 0 saturated carbocycles. The number of aromatic nitrogens is 2. The number of nitrogens with zero attached hydrogens (tertiary/aromatic N) is 3. The molecule has 6 nitrogen and oxygen atoms in total. The van der Waals surface area contributed by atoms with Gasteiger partial charge in [-0.3, -0.25) is 4.79 Å². The van der Waals surface area contributed by atoms with Crippen molar-refractivity contribution in [3.63, 3.8) is 0 Å². The molecule has 9 heteroatoms. The maximum atomic E-state index is 13.3. The fourth-order valence-corrected chi connectivity index (χ4v) is 4.37. The number of ether oxygens (including phenoxy) is 2. The van der Waals surface area contributed by atoms with Gasteiger partial charge in [-0.25, -0.2) is 4.98 Å². The largest absolute Gasteiger partial charge is 0.493 e. The molecule has 170 valence electrons. The molecule has 0 fully saturated rings. The molecule has 3 rings (SSSR count). The summed E-state index contributed by atoms with van der Waals surface area (Å²) in [6.45, 7) is 7.99. The van der Waals surface area contributed by atoms with Crippen LogP contribution >= 0.6 is 47.8 Å². The van der Waals surface area contributed by atoms with Crippen LogP contribution in [-0.4, -0.2) is 29.1 Å². The van der Waals surface area contributed by atoms with Gasteiger partial charge in [-0.2, -0.15) is 9.78 Å². The van der Waals surface area contributed by atoms with Crippen molar-refractivity contribution in [2.24, 2.45) is 5.10 Å². The van der Waals surface area contributed by atoms with Crippen LogP contribution in [0.5, 0.6) is 11.5 Å². The highest BCUT2D eigenvalue weighted by Crippen LogP contribution is 2.42. The van der Waals surface area contributed by atoms with Crippen LogP contribution in [0, 0.1) is 0 Å². The van der Waals surface area contributed by atoms with Gasteiger partial charge >= 0.3 is 0 Å². The Labute approximate surface area is 212 Å². The lowest BCUT2D eigenvalue weighted by atomic mass is 10.1. The molecule has 0 aliphatic rings. The van der Waals surface area contributed by atoms with E-state index in [4.69, 9.17) is 14.5 Å². The monoisotopic (exact) mass is 627 g/mol. The second kappa shape index (κ2) is 10.5. The number of methoxy groups -OCH3 is 1. The Morgan fingerprint density at radius 3 is 2.50 bits per heavy atom. The number of halogens is 3. The summed E-state index contributed by atoms with van der Waals surface area (Å²) >= 11 is 10.6. The molecule has 0 saturated heterocycles. The van der Waals surface area contributed by atoms with E-state index >= 15 is 0 Å². The highest BCUT2D eigenvalue weighted by atomic mass is 79.9. The van der Waals surface area contributed by atoms with Crippen molar-refractivity contribution in [3.05, 3.63) is 59.4 Å². The van der Waals surface area contributed by atoms with Crippen molar-refractivity contribution < 1.29 is 9.47 Å². The standard InChI is InChI=1S/C23H24Br3N3O3/c1-6-13(4)22-28-17-8-7-15(24)10-16(17)23(30)29(22)27-11-14-9-18(31-5)21(32-12(2)3)20(26)19(14)25/h7-13H,6H2,1-5H3/t13-/m1/s1. The average molecular weight is 630 g/mol. The predicted molar refractivity (Wildman–Crippen MR) is 140 cm³/mol. The zero-order valence-corrected chi connectivity index (χ0v) is 23.2. The molecular formula is C23H24Br3N3O3. The van der Waals surface area contributed by atoms with E-state index in [1.54, 1.807) is 19.4 Å². The average Bonchev–Trinajstić information content (AvgIpc) is 2.76. The van der Waals surface area contributed by atoms with E-state index in [-0.39, 0.29) is 17.6 Å². The van der Waals surface area contributed by atoms with Crippen molar-refractivity contribution in [2.45, 2.75) is 46.1 Å². The lowest BCUT2D eigenvalue weighted by Gasteiger charge is -2.17. The van der Waals surface area contributed by atoms with Crippen molar-refractivity contribution in [3.8, 4) is 11.5 Å². The maximum Gasteiger partial charge on any atom is 0.282 e. The van der Waals surface area contributed by atoms with Crippen molar-refractivity contribution in [2.75, 3.05) is 7.11 Å². The first-order valence-corrected chi connectivity index (χ1v) is 12.5. The first-order valence-electron chi connectivity index (χ1n) is 10.2. The molecule has 32 heavy (non-hydrogen) atoms. The van der Waals surface area contributed by atoms with Gasteiger partial charge in [-0.1, -0.05) is 29.8 Å². The molecule has 3 aromatic rings. The van der Waals surface area contributed by atoms with Gasteiger partial charge in [0.2, 0.25) is 0 Å². The first kappa shape index (κ1) is 24.9. The van der Waals surface area contributed by atoms with Gasteiger partial charge in [0, 0.05) is 20.4 Å². The van der Waals surface area contributed by atoms with Gasteiger partial charge in [0.15, 0.2) is 11.5 Å². The van der Waals surface area contributed by atoms with E-state index < -0.39 is 0 Å². The lowest BCUT2D eigenvalue weighted by molar-refractivity contribution is 0.228. The fourth-order valence-electron chi connectivity index (χ4n) is 3.09. The van der Waals surface area contributed by atoms with E-state index in [0.29, 0.717) is 32.7 Å². The van der Waals surface area contributed by atoms with Crippen LogP contribution in [0.25, 0.3) is 10.9 Å². The number of fused-ring (bicyclic) bond motifs is 1. The topological polar surface area (TPSA) is 65.7 Å². The summed E-state index contributed by atoms with van der Waals surface area (Å²) in [5.74, 6) is 1.83. The first-order chi connectivity index (χ1) is 15.2. The van der Waals surface area contributed by atoms with Crippen LogP contribution in [-0.2, 0) is 0 Å². The third-order valence-corrected chi connectivity index (χ3v) is 7.56. The Bertz CT molecular complexity index is 1240. The molecule has 1 aromatic heterocycles. The summed E-state index contributed by atoms with van der Waals surface area (Å²) in [5.41, 5.74) is 1.16. The molecular weight excluding hydrogens is 606 g/mol. The lowest BCUT2D eigenvalue weighted by Crippen LogP contribution is -2.23. The van der Waals surface area contributed by atoms with Crippen molar-refractivity contribution >= 4 is 64.9 Å². The van der Waals surface area contributed by atoms with Crippen molar-refractivity contribution in [1.29, 1.82) is 0 Å². The Morgan fingerprint density at radius 1 is 1.16 bits per heavy atom. The van der Waals surface area contributed by atoms with Gasteiger partial charge in [-0.15, -0.1) is 0 Å². The predicted octanol–water partition coefficient (Wildman–Crippen LogP) is 6.88. The summed E-state index contributed by atoms with van der Waals surface area (Å²) in [7, 11) is 1.58. The molecule has 0 N–H and O–H groups in total. The van der Waals surface area contributed by atoms with E-state index in [1.807, 2.05) is 39.0 Å². The van der Waals surface area contributed by atoms with Crippen LogP contribution in [0.4, 0.5) is 0 Å². The van der Waals surface area contributed by atoms with Crippen LogP contribution in [0.3, 0.4) is 0 Å². The van der Waals surface area contributed by atoms with Crippen LogP contribution in [0.2, 0.25) is 0 Å². The van der Waals surface area contributed by atoms with Gasteiger partial charge in [0.1, 0.15) is 5.82 Å².